The summed E-state index contributed by atoms with van der Waals surface area (Å²) in [6, 6.07) is 7.08. The molecule has 1 saturated carbocycles. The first-order valence-electron chi connectivity index (χ1n) is 12.3. The fourth-order valence-corrected chi connectivity index (χ4v) is 6.30. The summed E-state index contributed by atoms with van der Waals surface area (Å²) in [5.74, 6) is 0.748. The summed E-state index contributed by atoms with van der Waals surface area (Å²) in [4.78, 5) is 29.6. The van der Waals surface area contributed by atoms with E-state index in [0.717, 1.165) is 68.8 Å². The number of carbonyl (C=O) groups excluding carboxylic acids is 2. The number of rotatable bonds is 5. The highest BCUT2D eigenvalue weighted by atomic mass is 16.5. The standard InChI is InChI=1S/C25H30N6O3/c1-3-29(13-17-4-5-20-18(12-17)14-31-22(20)26-27-28-31)19-6-8-25(9-7-19)10-11-30(24(25)33)21-15-34-23(32)16(21)2/h4-5,12,19H,3,6-11,13-15H2,1-2H3/t19-,25-. The van der Waals surface area contributed by atoms with Crippen molar-refractivity contribution in [3.8, 4) is 11.4 Å². The lowest BCUT2D eigenvalue weighted by molar-refractivity contribution is -0.138. The van der Waals surface area contributed by atoms with Gasteiger partial charge in [-0.3, -0.25) is 9.69 Å². The molecule has 3 aliphatic heterocycles. The van der Waals surface area contributed by atoms with Gasteiger partial charge >= 0.3 is 5.97 Å². The maximum atomic E-state index is 13.4. The molecule has 1 aliphatic carbocycles. The average Bonchev–Trinajstić information content (AvgIpc) is 3.59. The van der Waals surface area contributed by atoms with Crippen LogP contribution in [0.3, 0.4) is 0 Å². The number of tetrazole rings is 1. The van der Waals surface area contributed by atoms with Gasteiger partial charge in [-0.2, -0.15) is 0 Å². The molecule has 1 saturated heterocycles. The van der Waals surface area contributed by atoms with Crippen molar-refractivity contribution in [1.82, 2.24) is 30.0 Å². The average molecular weight is 463 g/mol. The van der Waals surface area contributed by atoms with E-state index in [2.05, 4.69) is 45.5 Å². The molecule has 2 aromatic rings. The van der Waals surface area contributed by atoms with E-state index >= 15 is 0 Å². The number of fused-ring (bicyclic) bond motifs is 3. The summed E-state index contributed by atoms with van der Waals surface area (Å²) < 4.78 is 7.00. The highest BCUT2D eigenvalue weighted by Gasteiger charge is 2.50. The lowest BCUT2D eigenvalue weighted by Gasteiger charge is -2.40. The minimum Gasteiger partial charge on any atom is -0.456 e. The highest BCUT2D eigenvalue weighted by molar-refractivity contribution is 5.94. The van der Waals surface area contributed by atoms with Gasteiger partial charge in [-0.15, -0.1) is 5.10 Å². The van der Waals surface area contributed by atoms with E-state index in [-0.39, 0.29) is 23.9 Å². The van der Waals surface area contributed by atoms with Crippen LogP contribution in [0.25, 0.3) is 11.4 Å². The Morgan fingerprint density at radius 1 is 1.21 bits per heavy atom. The molecule has 0 bridgehead atoms. The Morgan fingerprint density at radius 2 is 2.03 bits per heavy atom. The van der Waals surface area contributed by atoms with Crippen LogP contribution < -0.4 is 0 Å². The molecule has 9 nitrogen and oxygen atoms in total. The Hall–Kier alpha value is -3.07. The molecule has 6 rings (SSSR count). The second-order valence-corrected chi connectivity index (χ2v) is 10.1. The summed E-state index contributed by atoms with van der Waals surface area (Å²) in [7, 11) is 0. The number of hydrogen-bond acceptors (Lipinski definition) is 7. The number of esters is 1. The van der Waals surface area contributed by atoms with Crippen molar-refractivity contribution >= 4 is 11.9 Å². The SMILES string of the molecule is CCN(Cc1ccc2c(c1)Cn1nnnc1-2)[C@H]1CC[C@@]2(CCN(C3=C(C)C(=O)OC3)C2=O)CC1. The van der Waals surface area contributed by atoms with Crippen molar-refractivity contribution < 1.29 is 14.3 Å². The predicted molar refractivity (Wildman–Crippen MR) is 123 cm³/mol. The summed E-state index contributed by atoms with van der Waals surface area (Å²) in [6.07, 6.45) is 4.75. The number of benzene rings is 1. The molecule has 4 aliphatic rings. The van der Waals surface area contributed by atoms with Crippen molar-refractivity contribution in [3.05, 3.63) is 40.6 Å². The lowest BCUT2D eigenvalue weighted by Crippen LogP contribution is -2.43. The molecule has 0 atom stereocenters. The molecular weight excluding hydrogens is 432 g/mol. The predicted octanol–water partition coefficient (Wildman–Crippen LogP) is 2.52. The van der Waals surface area contributed by atoms with Gasteiger partial charge in [-0.1, -0.05) is 25.1 Å². The zero-order valence-corrected chi connectivity index (χ0v) is 19.8. The zero-order chi connectivity index (χ0) is 23.4. The van der Waals surface area contributed by atoms with Crippen LogP contribution in [0.1, 0.15) is 57.1 Å². The number of carbonyl (C=O) groups is 2. The van der Waals surface area contributed by atoms with Crippen LogP contribution in [0.4, 0.5) is 0 Å². The van der Waals surface area contributed by atoms with E-state index in [0.29, 0.717) is 18.2 Å². The molecule has 0 unspecified atom stereocenters. The lowest BCUT2D eigenvalue weighted by atomic mass is 9.71. The largest absolute Gasteiger partial charge is 0.456 e. The number of likely N-dealkylation sites (tertiary alicyclic amines) is 1. The highest BCUT2D eigenvalue weighted by Crippen LogP contribution is 2.47. The first kappa shape index (κ1) is 21.5. The van der Waals surface area contributed by atoms with Crippen LogP contribution in [-0.2, 0) is 27.4 Å². The van der Waals surface area contributed by atoms with Crippen molar-refractivity contribution in [2.75, 3.05) is 19.7 Å². The third-order valence-corrected chi connectivity index (χ3v) is 8.40. The smallest absolute Gasteiger partial charge is 0.336 e. The van der Waals surface area contributed by atoms with Crippen LogP contribution in [0.15, 0.2) is 29.5 Å². The van der Waals surface area contributed by atoms with Crippen molar-refractivity contribution in [2.45, 2.75) is 65.1 Å². The number of ether oxygens (including phenoxy) is 1. The van der Waals surface area contributed by atoms with Crippen molar-refractivity contribution in [2.24, 2.45) is 5.41 Å². The fraction of sp³-hybridized carbons (Fsp3) is 0.560. The normalized spacial score (nSPS) is 26.1. The van der Waals surface area contributed by atoms with Gasteiger partial charge in [-0.05, 0) is 67.1 Å². The molecule has 9 heteroatoms. The molecule has 1 aromatic heterocycles. The Labute approximate surface area is 198 Å². The van der Waals surface area contributed by atoms with Gasteiger partial charge < -0.3 is 9.64 Å². The van der Waals surface area contributed by atoms with Gasteiger partial charge in [0.05, 0.1) is 23.2 Å². The quantitative estimate of drug-likeness (QED) is 0.538. The van der Waals surface area contributed by atoms with E-state index < -0.39 is 0 Å². The summed E-state index contributed by atoms with van der Waals surface area (Å²) in [5.41, 5.74) is 4.76. The minimum atomic E-state index is -0.296. The number of aromatic nitrogens is 4. The second-order valence-electron chi connectivity index (χ2n) is 10.1. The van der Waals surface area contributed by atoms with Crippen LogP contribution >= 0.6 is 0 Å². The van der Waals surface area contributed by atoms with Gasteiger partial charge in [0.15, 0.2) is 5.82 Å². The first-order chi connectivity index (χ1) is 16.5. The molecule has 1 amide bonds. The molecule has 4 heterocycles. The first-order valence-corrected chi connectivity index (χ1v) is 12.3. The Balaban J connectivity index is 1.11. The molecular formula is C25H30N6O3. The number of cyclic esters (lactones) is 1. The van der Waals surface area contributed by atoms with Crippen LogP contribution in [0.2, 0.25) is 0 Å². The number of amides is 1. The third kappa shape index (κ3) is 3.28. The van der Waals surface area contributed by atoms with E-state index in [9.17, 15) is 9.59 Å². The van der Waals surface area contributed by atoms with E-state index in [1.54, 1.807) is 6.92 Å². The summed E-state index contributed by atoms with van der Waals surface area (Å²) >= 11 is 0. The second kappa shape index (κ2) is 8.01. The molecule has 34 heavy (non-hydrogen) atoms. The number of nitrogens with zero attached hydrogens (tertiary/aromatic N) is 6. The van der Waals surface area contributed by atoms with Gasteiger partial charge in [0.2, 0.25) is 5.91 Å². The third-order valence-electron chi connectivity index (χ3n) is 8.40. The molecule has 0 N–H and O–H groups in total. The fourth-order valence-electron chi connectivity index (χ4n) is 6.30. The summed E-state index contributed by atoms with van der Waals surface area (Å²) in [5, 5.41) is 12.0. The molecule has 2 fully saturated rings. The van der Waals surface area contributed by atoms with Crippen LogP contribution in [-0.4, -0.2) is 67.6 Å². The van der Waals surface area contributed by atoms with Crippen molar-refractivity contribution in [1.29, 1.82) is 0 Å². The topological polar surface area (TPSA) is 93.5 Å². The maximum Gasteiger partial charge on any atom is 0.336 e. The van der Waals surface area contributed by atoms with Gasteiger partial charge in [-0.25, -0.2) is 9.48 Å². The van der Waals surface area contributed by atoms with Crippen LogP contribution in [0.5, 0.6) is 0 Å². The molecule has 0 radical (unpaired) electrons. The van der Waals surface area contributed by atoms with E-state index in [1.807, 2.05) is 9.58 Å². The minimum absolute atomic E-state index is 0.195. The number of hydrogen-bond donors (Lipinski definition) is 0. The maximum absolute atomic E-state index is 13.4. The molecule has 1 spiro atoms. The monoisotopic (exact) mass is 462 g/mol. The summed E-state index contributed by atoms with van der Waals surface area (Å²) in [6.45, 7) is 7.52. The Bertz CT molecular complexity index is 1190. The van der Waals surface area contributed by atoms with Gasteiger partial charge in [0.25, 0.3) is 0 Å². The van der Waals surface area contributed by atoms with Gasteiger partial charge in [0.1, 0.15) is 6.61 Å². The Kier molecular flexibility index (Phi) is 5.05. The van der Waals surface area contributed by atoms with E-state index in [1.165, 1.54) is 11.1 Å². The van der Waals surface area contributed by atoms with Crippen molar-refractivity contribution in [3.63, 3.8) is 0 Å². The Morgan fingerprint density at radius 3 is 2.76 bits per heavy atom. The van der Waals surface area contributed by atoms with E-state index in [4.69, 9.17) is 4.74 Å². The molecule has 1 aromatic carbocycles. The molecule has 178 valence electrons. The van der Waals surface area contributed by atoms with Gasteiger partial charge in [0, 0.05) is 24.7 Å². The van der Waals surface area contributed by atoms with Crippen LogP contribution in [0, 0.1) is 5.41 Å². The zero-order valence-electron chi connectivity index (χ0n) is 19.8.